The molecule has 120 valence electrons. The second kappa shape index (κ2) is 5.15. The zero-order valence-electron chi connectivity index (χ0n) is 12.9. The highest BCUT2D eigenvalue weighted by Crippen LogP contribution is 2.47. The van der Waals surface area contributed by atoms with Crippen LogP contribution < -0.4 is 0 Å². The molecule has 0 aromatic rings. The molecule has 2 saturated heterocycles. The van der Waals surface area contributed by atoms with E-state index in [1.165, 1.54) is 7.05 Å². The van der Waals surface area contributed by atoms with Crippen LogP contribution in [0.1, 0.15) is 33.1 Å². The number of likely N-dealkylation sites (tertiary alicyclic amines) is 1. The molecule has 3 aliphatic rings. The van der Waals surface area contributed by atoms with Crippen molar-refractivity contribution in [3.63, 3.8) is 0 Å². The minimum Gasteiger partial charge on any atom is -0.285 e. The molecular weight excluding hydrogens is 288 g/mol. The SMILES string of the molecule is CCC(C)ON1C(=O)C2CC3C(=O)N(C)C(=O)C3CC2C1=O. The maximum atomic E-state index is 12.4. The molecule has 4 amide bonds. The van der Waals surface area contributed by atoms with Crippen LogP contribution in [-0.2, 0) is 24.0 Å². The molecular formula is C15H20N2O5. The van der Waals surface area contributed by atoms with Crippen LogP contribution in [0.15, 0.2) is 0 Å². The van der Waals surface area contributed by atoms with Crippen LogP contribution in [0.2, 0.25) is 0 Å². The van der Waals surface area contributed by atoms with Gasteiger partial charge in [-0.05, 0) is 26.2 Å². The van der Waals surface area contributed by atoms with Gasteiger partial charge in [0.2, 0.25) is 11.8 Å². The Bertz CT molecular complexity index is 518. The van der Waals surface area contributed by atoms with Gasteiger partial charge in [-0.1, -0.05) is 6.92 Å². The molecule has 2 aliphatic heterocycles. The second-order valence-corrected chi connectivity index (χ2v) is 6.43. The predicted octanol–water partition coefficient (Wildman–Crippen LogP) is 0.343. The lowest BCUT2D eigenvalue weighted by atomic mass is 9.70. The molecule has 0 N–H and O–H groups in total. The first kappa shape index (κ1) is 15.1. The largest absolute Gasteiger partial charge is 0.285 e. The number of hydroxylamine groups is 2. The Morgan fingerprint density at radius 2 is 1.36 bits per heavy atom. The molecule has 0 bridgehead atoms. The van der Waals surface area contributed by atoms with Gasteiger partial charge in [-0.15, -0.1) is 0 Å². The number of imide groups is 2. The summed E-state index contributed by atoms with van der Waals surface area (Å²) in [4.78, 5) is 55.6. The summed E-state index contributed by atoms with van der Waals surface area (Å²) < 4.78 is 0. The smallest absolute Gasteiger partial charge is 0.257 e. The summed E-state index contributed by atoms with van der Waals surface area (Å²) in [5, 5.41) is 0.864. The van der Waals surface area contributed by atoms with Crippen LogP contribution >= 0.6 is 0 Å². The molecule has 1 saturated carbocycles. The summed E-state index contributed by atoms with van der Waals surface area (Å²) in [5.41, 5.74) is 0. The molecule has 2 heterocycles. The standard InChI is InChI=1S/C15H20N2O5/c1-4-7(2)22-17-14(20)10-5-8-9(6-11(10)15(17)21)13(19)16(3)12(8)18/h7-11H,4-6H2,1-3H3. The highest BCUT2D eigenvalue weighted by Gasteiger charge is 2.59. The zero-order valence-corrected chi connectivity index (χ0v) is 12.9. The first-order chi connectivity index (χ1) is 10.4. The maximum absolute atomic E-state index is 12.4. The monoisotopic (exact) mass is 308 g/mol. The van der Waals surface area contributed by atoms with Crippen molar-refractivity contribution in [3.8, 4) is 0 Å². The van der Waals surface area contributed by atoms with Gasteiger partial charge < -0.3 is 0 Å². The van der Waals surface area contributed by atoms with Crippen molar-refractivity contribution >= 4 is 23.6 Å². The molecule has 0 aromatic heterocycles. The van der Waals surface area contributed by atoms with E-state index in [2.05, 4.69) is 0 Å². The minimum atomic E-state index is -0.541. The quantitative estimate of drug-likeness (QED) is 0.702. The van der Waals surface area contributed by atoms with Gasteiger partial charge in [0, 0.05) is 7.05 Å². The topological polar surface area (TPSA) is 84.0 Å². The van der Waals surface area contributed by atoms with Crippen LogP contribution in [0.25, 0.3) is 0 Å². The van der Waals surface area contributed by atoms with E-state index >= 15 is 0 Å². The number of nitrogens with zero attached hydrogens (tertiary/aromatic N) is 2. The van der Waals surface area contributed by atoms with Crippen LogP contribution in [0.3, 0.4) is 0 Å². The Hall–Kier alpha value is -1.76. The van der Waals surface area contributed by atoms with Gasteiger partial charge in [-0.3, -0.25) is 28.9 Å². The number of hydrogen-bond acceptors (Lipinski definition) is 5. The molecule has 0 spiro atoms. The molecule has 3 rings (SSSR count). The van der Waals surface area contributed by atoms with Crippen molar-refractivity contribution in [1.29, 1.82) is 0 Å². The Balaban J connectivity index is 1.82. The summed E-state index contributed by atoms with van der Waals surface area (Å²) >= 11 is 0. The molecule has 7 heteroatoms. The number of hydrogen-bond donors (Lipinski definition) is 0. The fourth-order valence-corrected chi connectivity index (χ4v) is 3.67. The van der Waals surface area contributed by atoms with E-state index in [1.54, 1.807) is 6.92 Å². The summed E-state index contributed by atoms with van der Waals surface area (Å²) in [7, 11) is 1.46. The van der Waals surface area contributed by atoms with Gasteiger partial charge in [-0.25, -0.2) is 0 Å². The van der Waals surface area contributed by atoms with Crippen molar-refractivity contribution in [2.75, 3.05) is 7.05 Å². The van der Waals surface area contributed by atoms with Crippen molar-refractivity contribution in [3.05, 3.63) is 0 Å². The molecule has 3 fully saturated rings. The van der Waals surface area contributed by atoms with Crippen molar-refractivity contribution in [1.82, 2.24) is 9.96 Å². The third-order valence-electron chi connectivity index (χ3n) is 5.18. The molecule has 7 nitrogen and oxygen atoms in total. The highest BCUT2D eigenvalue weighted by molar-refractivity contribution is 6.08. The van der Waals surface area contributed by atoms with Gasteiger partial charge in [0.1, 0.15) is 0 Å². The van der Waals surface area contributed by atoms with E-state index in [0.717, 1.165) is 9.96 Å². The Morgan fingerprint density at radius 1 is 0.955 bits per heavy atom. The highest BCUT2D eigenvalue weighted by atomic mass is 16.7. The van der Waals surface area contributed by atoms with E-state index in [-0.39, 0.29) is 42.6 Å². The van der Waals surface area contributed by atoms with Gasteiger partial charge >= 0.3 is 0 Å². The molecule has 5 unspecified atom stereocenters. The van der Waals surface area contributed by atoms with Gasteiger partial charge in [-0.2, -0.15) is 5.06 Å². The molecule has 1 aliphatic carbocycles. The summed E-state index contributed by atoms with van der Waals surface area (Å²) in [6.07, 6.45) is 0.964. The lowest BCUT2D eigenvalue weighted by Gasteiger charge is -2.28. The van der Waals surface area contributed by atoms with Gasteiger partial charge in [0.25, 0.3) is 11.8 Å². The molecule has 5 atom stereocenters. The van der Waals surface area contributed by atoms with Crippen LogP contribution in [0.5, 0.6) is 0 Å². The Labute approximate surface area is 128 Å². The average Bonchev–Trinajstić information content (AvgIpc) is 2.87. The lowest BCUT2D eigenvalue weighted by Crippen LogP contribution is -2.35. The summed E-state index contributed by atoms with van der Waals surface area (Å²) in [6.45, 7) is 3.69. The predicted molar refractivity (Wildman–Crippen MR) is 73.7 cm³/mol. The molecule has 0 radical (unpaired) electrons. The Morgan fingerprint density at radius 3 is 1.77 bits per heavy atom. The zero-order chi connectivity index (χ0) is 16.2. The van der Waals surface area contributed by atoms with Crippen LogP contribution in [0.4, 0.5) is 0 Å². The first-order valence-electron chi connectivity index (χ1n) is 7.72. The molecule has 0 aromatic carbocycles. The van der Waals surface area contributed by atoms with E-state index in [0.29, 0.717) is 6.42 Å². The number of rotatable bonds is 3. The number of amides is 4. The number of fused-ring (bicyclic) bond motifs is 2. The van der Waals surface area contributed by atoms with Crippen LogP contribution in [-0.4, -0.2) is 46.7 Å². The maximum Gasteiger partial charge on any atom is 0.257 e. The van der Waals surface area contributed by atoms with Crippen molar-refractivity contribution in [2.24, 2.45) is 23.7 Å². The summed E-state index contributed by atoms with van der Waals surface area (Å²) in [6, 6.07) is 0. The van der Waals surface area contributed by atoms with E-state index in [9.17, 15) is 19.2 Å². The molecule has 22 heavy (non-hydrogen) atoms. The van der Waals surface area contributed by atoms with Gasteiger partial charge in [0.05, 0.1) is 29.8 Å². The average molecular weight is 308 g/mol. The van der Waals surface area contributed by atoms with E-state index in [1.807, 2.05) is 6.92 Å². The third-order valence-corrected chi connectivity index (χ3v) is 5.18. The van der Waals surface area contributed by atoms with E-state index < -0.39 is 23.7 Å². The summed E-state index contributed by atoms with van der Waals surface area (Å²) in [5.74, 6) is -3.25. The lowest BCUT2D eigenvalue weighted by molar-refractivity contribution is -0.202. The minimum absolute atomic E-state index is 0.234. The number of carbonyl (C=O) groups excluding carboxylic acids is 4. The third kappa shape index (κ3) is 1.99. The fraction of sp³-hybridized carbons (Fsp3) is 0.733. The second-order valence-electron chi connectivity index (χ2n) is 6.43. The fourth-order valence-electron chi connectivity index (χ4n) is 3.67. The van der Waals surface area contributed by atoms with E-state index in [4.69, 9.17) is 4.84 Å². The van der Waals surface area contributed by atoms with Crippen molar-refractivity contribution in [2.45, 2.75) is 39.2 Å². The van der Waals surface area contributed by atoms with Crippen molar-refractivity contribution < 1.29 is 24.0 Å². The van der Waals surface area contributed by atoms with Crippen LogP contribution in [0, 0.1) is 23.7 Å². The Kier molecular flexibility index (Phi) is 3.55. The number of carbonyl (C=O) groups is 4. The first-order valence-corrected chi connectivity index (χ1v) is 7.72. The van der Waals surface area contributed by atoms with Gasteiger partial charge in [0.15, 0.2) is 0 Å². The normalized spacial score (nSPS) is 36.0.